The molecule has 1 aromatic rings. The van der Waals surface area contributed by atoms with E-state index in [1.54, 1.807) is 0 Å². The molecule has 7 heteroatoms. The third-order valence-electron chi connectivity index (χ3n) is 2.96. The Morgan fingerprint density at radius 3 is 3.12 bits per heavy atom. The molecule has 0 saturated heterocycles. The molecular formula is C9H15N5O2. The fourth-order valence-electron chi connectivity index (χ4n) is 2.09. The minimum absolute atomic E-state index is 0.212. The highest BCUT2D eigenvalue weighted by atomic mass is 16.4. The van der Waals surface area contributed by atoms with Crippen molar-refractivity contribution < 1.29 is 9.90 Å². The molecule has 7 nitrogen and oxygen atoms in total. The van der Waals surface area contributed by atoms with Gasteiger partial charge in [-0.2, -0.15) is 5.21 Å². The molecule has 2 unspecified atom stereocenters. The number of aromatic nitrogens is 4. The van der Waals surface area contributed by atoms with Crippen LogP contribution in [0.5, 0.6) is 0 Å². The standard InChI is InChI=1S/C9H15N5O2/c15-9(16)6-2-1-3-7(4-6)10-5-8-11-13-14-12-8/h6-7,10H,1-5H2,(H,15,16)(H,11,12,13,14). The highest BCUT2D eigenvalue weighted by Crippen LogP contribution is 2.24. The molecule has 2 atom stereocenters. The second-order valence-electron chi connectivity index (χ2n) is 4.11. The molecule has 0 bridgehead atoms. The maximum Gasteiger partial charge on any atom is 0.306 e. The van der Waals surface area contributed by atoms with Crippen LogP contribution in [0.25, 0.3) is 0 Å². The number of tetrazole rings is 1. The van der Waals surface area contributed by atoms with Crippen molar-refractivity contribution in [2.75, 3.05) is 0 Å². The summed E-state index contributed by atoms with van der Waals surface area (Å²) in [6.07, 6.45) is 3.45. The van der Waals surface area contributed by atoms with Gasteiger partial charge in [0.15, 0.2) is 5.82 Å². The average Bonchev–Trinajstić information content (AvgIpc) is 2.79. The molecule has 1 fully saturated rings. The summed E-state index contributed by atoms with van der Waals surface area (Å²) in [5, 5.41) is 25.7. The smallest absolute Gasteiger partial charge is 0.306 e. The van der Waals surface area contributed by atoms with Crippen LogP contribution >= 0.6 is 0 Å². The Hall–Kier alpha value is -1.50. The lowest BCUT2D eigenvalue weighted by Crippen LogP contribution is -2.36. The van der Waals surface area contributed by atoms with Crippen LogP contribution in [0.3, 0.4) is 0 Å². The molecule has 1 aliphatic rings. The van der Waals surface area contributed by atoms with E-state index >= 15 is 0 Å². The van der Waals surface area contributed by atoms with Crippen LogP contribution in [0.1, 0.15) is 31.5 Å². The third kappa shape index (κ3) is 2.75. The highest BCUT2D eigenvalue weighted by molar-refractivity contribution is 5.70. The summed E-state index contributed by atoms with van der Waals surface area (Å²) in [6, 6.07) is 0.244. The first-order valence-corrected chi connectivity index (χ1v) is 5.44. The Labute approximate surface area is 92.6 Å². The third-order valence-corrected chi connectivity index (χ3v) is 2.96. The minimum Gasteiger partial charge on any atom is -0.481 e. The lowest BCUT2D eigenvalue weighted by atomic mass is 9.86. The number of carboxylic acids is 1. The van der Waals surface area contributed by atoms with Crippen molar-refractivity contribution in [1.29, 1.82) is 0 Å². The van der Waals surface area contributed by atoms with Gasteiger partial charge in [0.1, 0.15) is 0 Å². The second kappa shape index (κ2) is 5.02. The average molecular weight is 225 g/mol. The van der Waals surface area contributed by atoms with Crippen molar-refractivity contribution in [3.63, 3.8) is 0 Å². The number of hydrogen-bond donors (Lipinski definition) is 3. The molecule has 0 amide bonds. The van der Waals surface area contributed by atoms with Gasteiger partial charge in [0.25, 0.3) is 0 Å². The lowest BCUT2D eigenvalue weighted by Gasteiger charge is -2.26. The number of hydrogen-bond acceptors (Lipinski definition) is 5. The highest BCUT2D eigenvalue weighted by Gasteiger charge is 2.26. The largest absolute Gasteiger partial charge is 0.481 e. The molecule has 3 N–H and O–H groups in total. The Balaban J connectivity index is 1.79. The molecule has 0 aromatic carbocycles. The summed E-state index contributed by atoms with van der Waals surface area (Å²) >= 11 is 0. The van der Waals surface area contributed by atoms with Gasteiger partial charge in [0, 0.05) is 6.04 Å². The zero-order valence-electron chi connectivity index (χ0n) is 8.89. The molecule has 0 spiro atoms. The summed E-state index contributed by atoms with van der Waals surface area (Å²) in [7, 11) is 0. The van der Waals surface area contributed by atoms with E-state index in [1.165, 1.54) is 0 Å². The van der Waals surface area contributed by atoms with Crippen molar-refractivity contribution in [3.05, 3.63) is 5.82 Å². The SMILES string of the molecule is O=C(O)C1CCCC(NCc2nn[nH]n2)C1. The van der Waals surface area contributed by atoms with E-state index in [2.05, 4.69) is 25.9 Å². The first-order chi connectivity index (χ1) is 7.75. The number of H-pyrrole nitrogens is 1. The zero-order valence-corrected chi connectivity index (χ0v) is 8.89. The number of aromatic amines is 1. The fourth-order valence-corrected chi connectivity index (χ4v) is 2.09. The molecule has 2 rings (SSSR count). The Morgan fingerprint density at radius 2 is 2.44 bits per heavy atom. The maximum absolute atomic E-state index is 10.9. The minimum atomic E-state index is -0.689. The van der Waals surface area contributed by atoms with Gasteiger partial charge < -0.3 is 10.4 Å². The topological polar surface area (TPSA) is 104 Å². The number of carboxylic acid groups (broad SMARTS) is 1. The normalized spacial score (nSPS) is 25.5. The van der Waals surface area contributed by atoms with Gasteiger partial charge in [-0.15, -0.1) is 10.2 Å². The van der Waals surface area contributed by atoms with Gasteiger partial charge in [-0.05, 0) is 19.3 Å². The number of nitrogens with one attached hydrogen (secondary N) is 2. The first kappa shape index (κ1) is 11.0. The predicted octanol–water partition coefficient (Wildman–Crippen LogP) is -0.0673. The van der Waals surface area contributed by atoms with Crippen LogP contribution in [-0.4, -0.2) is 37.7 Å². The van der Waals surface area contributed by atoms with Crippen molar-refractivity contribution in [2.24, 2.45) is 5.92 Å². The van der Waals surface area contributed by atoms with E-state index in [0.29, 0.717) is 18.8 Å². The van der Waals surface area contributed by atoms with E-state index in [-0.39, 0.29) is 12.0 Å². The monoisotopic (exact) mass is 225 g/mol. The van der Waals surface area contributed by atoms with Gasteiger partial charge >= 0.3 is 5.97 Å². The number of aliphatic carboxylic acids is 1. The summed E-state index contributed by atoms with van der Waals surface area (Å²) in [5.74, 6) is -0.292. The molecule has 16 heavy (non-hydrogen) atoms. The first-order valence-electron chi connectivity index (χ1n) is 5.44. The Kier molecular flexibility index (Phi) is 3.45. The van der Waals surface area contributed by atoms with Crippen molar-refractivity contribution in [1.82, 2.24) is 25.9 Å². The van der Waals surface area contributed by atoms with Crippen LogP contribution in [0.4, 0.5) is 0 Å². The van der Waals surface area contributed by atoms with Gasteiger partial charge in [-0.25, -0.2) is 0 Å². The van der Waals surface area contributed by atoms with Crippen molar-refractivity contribution in [2.45, 2.75) is 38.3 Å². The van der Waals surface area contributed by atoms with Gasteiger partial charge in [-0.3, -0.25) is 4.79 Å². The van der Waals surface area contributed by atoms with E-state index in [0.717, 1.165) is 19.3 Å². The van der Waals surface area contributed by atoms with Gasteiger partial charge in [0.05, 0.1) is 12.5 Å². The van der Waals surface area contributed by atoms with Crippen LogP contribution in [0.2, 0.25) is 0 Å². The maximum atomic E-state index is 10.9. The van der Waals surface area contributed by atoms with Crippen LogP contribution < -0.4 is 5.32 Å². The van der Waals surface area contributed by atoms with Crippen molar-refractivity contribution in [3.8, 4) is 0 Å². The molecular weight excluding hydrogens is 210 g/mol. The molecule has 0 radical (unpaired) electrons. The van der Waals surface area contributed by atoms with Crippen LogP contribution in [0, 0.1) is 5.92 Å². The van der Waals surface area contributed by atoms with E-state index in [1.807, 2.05) is 0 Å². The van der Waals surface area contributed by atoms with Crippen LogP contribution in [0.15, 0.2) is 0 Å². The summed E-state index contributed by atoms with van der Waals surface area (Å²) in [4.78, 5) is 10.9. The number of rotatable bonds is 4. The summed E-state index contributed by atoms with van der Waals surface area (Å²) < 4.78 is 0. The fraction of sp³-hybridized carbons (Fsp3) is 0.778. The van der Waals surface area contributed by atoms with Crippen LogP contribution in [-0.2, 0) is 11.3 Å². The molecule has 1 aliphatic carbocycles. The second-order valence-corrected chi connectivity index (χ2v) is 4.11. The summed E-state index contributed by atoms with van der Waals surface area (Å²) in [5.41, 5.74) is 0. The van der Waals surface area contributed by atoms with E-state index < -0.39 is 5.97 Å². The lowest BCUT2D eigenvalue weighted by molar-refractivity contribution is -0.143. The molecule has 1 aromatic heterocycles. The van der Waals surface area contributed by atoms with Crippen molar-refractivity contribution >= 4 is 5.97 Å². The predicted molar refractivity (Wildman–Crippen MR) is 54.4 cm³/mol. The van der Waals surface area contributed by atoms with Gasteiger partial charge in [-0.1, -0.05) is 11.6 Å². The number of nitrogens with zero attached hydrogens (tertiary/aromatic N) is 3. The van der Waals surface area contributed by atoms with E-state index in [4.69, 9.17) is 5.11 Å². The Morgan fingerprint density at radius 1 is 1.56 bits per heavy atom. The molecule has 1 heterocycles. The van der Waals surface area contributed by atoms with Gasteiger partial charge in [0.2, 0.25) is 0 Å². The summed E-state index contributed by atoms with van der Waals surface area (Å²) in [6.45, 7) is 0.535. The zero-order chi connectivity index (χ0) is 11.4. The quantitative estimate of drug-likeness (QED) is 0.662. The Bertz CT molecular complexity index is 340. The number of carbonyl (C=O) groups is 1. The van der Waals surface area contributed by atoms with E-state index in [9.17, 15) is 4.79 Å². The molecule has 88 valence electrons. The molecule has 0 aliphatic heterocycles. The molecule has 1 saturated carbocycles.